The number of benzene rings is 1. The van der Waals surface area contributed by atoms with E-state index >= 15 is 0 Å². The van der Waals surface area contributed by atoms with Crippen molar-refractivity contribution in [3.8, 4) is 0 Å². The molecule has 21 heavy (non-hydrogen) atoms. The van der Waals surface area contributed by atoms with E-state index in [-0.39, 0.29) is 5.69 Å². The van der Waals surface area contributed by atoms with E-state index in [1.807, 2.05) is 42.3 Å². The summed E-state index contributed by atoms with van der Waals surface area (Å²) >= 11 is 0. The fourth-order valence-electron chi connectivity index (χ4n) is 2.32. The summed E-state index contributed by atoms with van der Waals surface area (Å²) in [4.78, 5) is 17.4. The minimum atomic E-state index is -1.03. The summed E-state index contributed by atoms with van der Waals surface area (Å²) in [7, 11) is 1.92. The molecule has 0 saturated heterocycles. The number of aromatic nitrogens is 1. The van der Waals surface area contributed by atoms with Gasteiger partial charge in [-0.1, -0.05) is 18.2 Å². The van der Waals surface area contributed by atoms with E-state index in [2.05, 4.69) is 4.98 Å². The Morgan fingerprint density at radius 2 is 2.14 bits per heavy atom. The largest absolute Gasteiger partial charge is 0.477 e. The molecule has 0 saturated carbocycles. The van der Waals surface area contributed by atoms with Gasteiger partial charge >= 0.3 is 5.97 Å². The van der Waals surface area contributed by atoms with E-state index in [1.165, 1.54) is 0 Å². The van der Waals surface area contributed by atoms with Gasteiger partial charge in [0.15, 0.2) is 5.69 Å². The Morgan fingerprint density at radius 1 is 1.33 bits per heavy atom. The van der Waals surface area contributed by atoms with E-state index in [0.717, 1.165) is 16.6 Å². The molecule has 3 rings (SSSR count). The number of carboxylic acids is 1. The number of aromatic carboxylic acids is 1. The summed E-state index contributed by atoms with van der Waals surface area (Å²) in [5, 5.41) is 10.1. The van der Waals surface area contributed by atoms with Crippen molar-refractivity contribution in [1.29, 1.82) is 0 Å². The maximum Gasteiger partial charge on any atom is 0.354 e. The highest BCUT2D eigenvalue weighted by Crippen LogP contribution is 2.27. The number of rotatable bonds is 4. The molecule has 106 valence electrons. The molecule has 2 aromatic heterocycles. The maximum absolute atomic E-state index is 11.2. The molecular weight excluding hydrogens is 268 g/mol. The molecule has 1 N–H and O–H groups in total. The Hall–Kier alpha value is -2.82. The van der Waals surface area contributed by atoms with E-state index in [4.69, 9.17) is 4.42 Å². The molecule has 0 radical (unpaired) electrons. The quantitative estimate of drug-likeness (QED) is 0.796. The third kappa shape index (κ3) is 2.58. The zero-order valence-electron chi connectivity index (χ0n) is 11.5. The summed E-state index contributed by atoms with van der Waals surface area (Å²) < 4.78 is 5.07. The number of carbonyl (C=O) groups is 1. The van der Waals surface area contributed by atoms with Gasteiger partial charge in [0.2, 0.25) is 0 Å². The van der Waals surface area contributed by atoms with Gasteiger partial charge in [-0.3, -0.25) is 0 Å². The van der Waals surface area contributed by atoms with Crippen molar-refractivity contribution >= 4 is 22.6 Å². The van der Waals surface area contributed by atoms with Gasteiger partial charge in [-0.15, -0.1) is 0 Å². The second kappa shape index (κ2) is 5.28. The van der Waals surface area contributed by atoms with Gasteiger partial charge < -0.3 is 14.4 Å². The van der Waals surface area contributed by atoms with Crippen molar-refractivity contribution in [3.05, 3.63) is 60.2 Å². The molecule has 3 aromatic rings. The minimum Gasteiger partial charge on any atom is -0.477 e. The molecule has 0 atom stereocenters. The van der Waals surface area contributed by atoms with Crippen LogP contribution in [0.3, 0.4) is 0 Å². The zero-order valence-corrected chi connectivity index (χ0v) is 11.5. The molecule has 5 nitrogen and oxygen atoms in total. The first-order chi connectivity index (χ1) is 10.1. The summed E-state index contributed by atoms with van der Waals surface area (Å²) in [6.07, 6.45) is 3.30. The number of pyridine rings is 1. The van der Waals surface area contributed by atoms with Gasteiger partial charge in [-0.05, 0) is 18.2 Å². The molecule has 2 heterocycles. The van der Waals surface area contributed by atoms with E-state index in [9.17, 15) is 9.90 Å². The van der Waals surface area contributed by atoms with Crippen LogP contribution in [0.2, 0.25) is 0 Å². The maximum atomic E-state index is 11.2. The molecular formula is C16H14N2O3. The number of para-hydroxylation sites is 1. The predicted molar refractivity (Wildman–Crippen MR) is 79.5 cm³/mol. The predicted octanol–water partition coefficient (Wildman–Crippen LogP) is 3.16. The number of hydrogen-bond acceptors (Lipinski definition) is 4. The summed E-state index contributed by atoms with van der Waals surface area (Å²) in [5.41, 5.74) is 2.57. The van der Waals surface area contributed by atoms with Crippen LogP contribution in [0.1, 0.15) is 16.1 Å². The molecule has 0 bridgehead atoms. The van der Waals surface area contributed by atoms with Crippen molar-refractivity contribution in [2.75, 3.05) is 11.9 Å². The zero-order chi connectivity index (χ0) is 14.8. The van der Waals surface area contributed by atoms with Crippen molar-refractivity contribution in [2.45, 2.75) is 6.54 Å². The minimum absolute atomic E-state index is 0.0442. The molecule has 5 heteroatoms. The van der Waals surface area contributed by atoms with E-state index in [1.54, 1.807) is 18.6 Å². The fraction of sp³-hybridized carbons (Fsp3) is 0.125. The highest BCUT2D eigenvalue weighted by atomic mass is 16.4. The number of anilines is 1. The standard InChI is InChI=1S/C16H14N2O3/c1-18(9-11-6-7-21-10-11)15-8-14(16(19)20)17-13-5-3-2-4-12(13)15/h2-8,10H,9H2,1H3,(H,19,20). The normalized spacial score (nSPS) is 10.7. The van der Waals surface area contributed by atoms with E-state index < -0.39 is 5.97 Å². The third-order valence-corrected chi connectivity index (χ3v) is 3.32. The van der Waals surface area contributed by atoms with Crippen LogP contribution in [0.25, 0.3) is 10.9 Å². The Kier molecular flexibility index (Phi) is 3.31. The van der Waals surface area contributed by atoms with Gasteiger partial charge in [0, 0.05) is 30.2 Å². The van der Waals surface area contributed by atoms with Gasteiger partial charge in [-0.2, -0.15) is 0 Å². The lowest BCUT2D eigenvalue weighted by molar-refractivity contribution is 0.0691. The van der Waals surface area contributed by atoms with Crippen molar-refractivity contribution in [3.63, 3.8) is 0 Å². The molecule has 1 aromatic carbocycles. The SMILES string of the molecule is CN(Cc1ccoc1)c1cc(C(=O)O)nc2ccccc12. The Balaban J connectivity index is 2.08. The summed E-state index contributed by atoms with van der Waals surface area (Å²) in [5.74, 6) is -1.03. The van der Waals surface area contributed by atoms with Gasteiger partial charge in [0.1, 0.15) is 0 Å². The highest BCUT2D eigenvalue weighted by molar-refractivity contribution is 5.97. The Bertz CT molecular complexity index is 781. The average Bonchev–Trinajstić information content (AvgIpc) is 2.98. The number of carboxylic acid groups (broad SMARTS) is 1. The number of furan rings is 1. The summed E-state index contributed by atoms with van der Waals surface area (Å²) in [6, 6.07) is 11.0. The smallest absolute Gasteiger partial charge is 0.354 e. The molecule has 0 spiro atoms. The van der Waals surface area contributed by atoms with Crippen LogP contribution in [-0.2, 0) is 6.54 Å². The fourth-order valence-corrected chi connectivity index (χ4v) is 2.32. The average molecular weight is 282 g/mol. The molecule has 0 aliphatic heterocycles. The third-order valence-electron chi connectivity index (χ3n) is 3.32. The lowest BCUT2D eigenvalue weighted by Gasteiger charge is -2.20. The van der Waals surface area contributed by atoms with Crippen LogP contribution in [0.15, 0.2) is 53.3 Å². The first-order valence-electron chi connectivity index (χ1n) is 6.50. The Labute approximate surface area is 121 Å². The van der Waals surface area contributed by atoms with E-state index in [0.29, 0.717) is 12.1 Å². The molecule has 0 aliphatic carbocycles. The molecule has 0 aliphatic rings. The lowest BCUT2D eigenvalue weighted by atomic mass is 10.1. The van der Waals surface area contributed by atoms with Crippen molar-refractivity contribution in [1.82, 2.24) is 4.98 Å². The lowest BCUT2D eigenvalue weighted by Crippen LogP contribution is -2.17. The molecule has 0 unspecified atom stereocenters. The van der Waals surface area contributed by atoms with Gasteiger partial charge in [0.05, 0.1) is 18.0 Å². The van der Waals surface area contributed by atoms with Crippen molar-refractivity contribution in [2.24, 2.45) is 0 Å². The van der Waals surface area contributed by atoms with Crippen molar-refractivity contribution < 1.29 is 14.3 Å². The number of hydrogen-bond donors (Lipinski definition) is 1. The number of nitrogens with zero attached hydrogens (tertiary/aromatic N) is 2. The van der Waals surface area contributed by atoms with Crippen LogP contribution in [0.5, 0.6) is 0 Å². The van der Waals surface area contributed by atoms with Gasteiger partial charge in [0.25, 0.3) is 0 Å². The van der Waals surface area contributed by atoms with Crippen LogP contribution in [-0.4, -0.2) is 23.1 Å². The van der Waals surface area contributed by atoms with Crippen LogP contribution in [0.4, 0.5) is 5.69 Å². The topological polar surface area (TPSA) is 66.6 Å². The second-order valence-electron chi connectivity index (χ2n) is 4.84. The highest BCUT2D eigenvalue weighted by Gasteiger charge is 2.13. The molecule has 0 amide bonds. The van der Waals surface area contributed by atoms with Crippen LogP contribution < -0.4 is 4.90 Å². The molecule has 0 fully saturated rings. The number of fused-ring (bicyclic) bond motifs is 1. The first kappa shape index (κ1) is 13.2. The summed E-state index contributed by atoms with van der Waals surface area (Å²) in [6.45, 7) is 0.629. The van der Waals surface area contributed by atoms with Crippen LogP contribution >= 0.6 is 0 Å². The Morgan fingerprint density at radius 3 is 2.86 bits per heavy atom. The first-order valence-corrected chi connectivity index (χ1v) is 6.50. The van der Waals surface area contributed by atoms with Crippen LogP contribution in [0, 0.1) is 0 Å². The monoisotopic (exact) mass is 282 g/mol. The second-order valence-corrected chi connectivity index (χ2v) is 4.84. The van der Waals surface area contributed by atoms with Gasteiger partial charge in [-0.25, -0.2) is 9.78 Å².